The van der Waals surface area contributed by atoms with Crippen LogP contribution in [-0.2, 0) is 11.3 Å². The molecule has 0 spiro atoms. The number of thioether (sulfide) groups is 1. The van der Waals surface area contributed by atoms with Gasteiger partial charge >= 0.3 is 0 Å². The highest BCUT2D eigenvalue weighted by atomic mass is 32.2. The minimum Gasteiger partial charge on any atom is -0.504 e. The predicted octanol–water partition coefficient (Wildman–Crippen LogP) is 3.95. The van der Waals surface area contributed by atoms with E-state index in [-0.39, 0.29) is 28.3 Å². The second-order valence-electron chi connectivity index (χ2n) is 5.65. The van der Waals surface area contributed by atoms with Gasteiger partial charge in [-0.3, -0.25) is 14.5 Å². The first-order valence-electron chi connectivity index (χ1n) is 7.66. The molecule has 3 rings (SSSR count). The van der Waals surface area contributed by atoms with Crippen LogP contribution in [-0.4, -0.2) is 28.3 Å². The van der Waals surface area contributed by atoms with Crippen molar-refractivity contribution in [2.24, 2.45) is 0 Å². The summed E-state index contributed by atoms with van der Waals surface area (Å²) < 4.78 is 5.06. The summed E-state index contributed by atoms with van der Waals surface area (Å²) in [5.74, 6) is -0.110. The number of methoxy groups -OCH3 is 1. The Labute approximate surface area is 149 Å². The molecule has 0 radical (unpaired) electrons. The summed E-state index contributed by atoms with van der Waals surface area (Å²) >= 11 is 0.868. The van der Waals surface area contributed by atoms with Gasteiger partial charge in [0.1, 0.15) is 0 Å². The molecule has 1 heterocycles. The highest BCUT2D eigenvalue weighted by molar-refractivity contribution is 8.18. The average molecular weight is 355 g/mol. The van der Waals surface area contributed by atoms with Crippen molar-refractivity contribution in [2.75, 3.05) is 7.11 Å². The summed E-state index contributed by atoms with van der Waals surface area (Å²) in [5.41, 5.74) is 2.44. The SMILES string of the molecule is COc1cccc(/C=C2\SC(=O)N(Cc3ccc(C)cc3)C2=O)c1O. The molecule has 2 aromatic rings. The van der Waals surface area contributed by atoms with E-state index in [2.05, 4.69) is 0 Å². The maximum absolute atomic E-state index is 12.6. The Morgan fingerprint density at radius 2 is 1.88 bits per heavy atom. The maximum atomic E-state index is 12.6. The highest BCUT2D eigenvalue weighted by Crippen LogP contribution is 2.37. The quantitative estimate of drug-likeness (QED) is 0.841. The lowest BCUT2D eigenvalue weighted by Crippen LogP contribution is -2.27. The number of ether oxygens (including phenoxy) is 1. The van der Waals surface area contributed by atoms with E-state index in [1.807, 2.05) is 31.2 Å². The number of imide groups is 1. The molecule has 1 fully saturated rings. The third kappa shape index (κ3) is 3.53. The highest BCUT2D eigenvalue weighted by Gasteiger charge is 2.35. The summed E-state index contributed by atoms with van der Waals surface area (Å²) in [6, 6.07) is 12.7. The summed E-state index contributed by atoms with van der Waals surface area (Å²) in [6.07, 6.45) is 1.51. The maximum Gasteiger partial charge on any atom is 0.293 e. The minimum absolute atomic E-state index is 0.0599. The molecule has 25 heavy (non-hydrogen) atoms. The van der Waals surface area contributed by atoms with E-state index < -0.39 is 0 Å². The van der Waals surface area contributed by atoms with Gasteiger partial charge in [0.2, 0.25) is 0 Å². The van der Waals surface area contributed by atoms with Gasteiger partial charge in [-0.2, -0.15) is 0 Å². The van der Waals surface area contributed by atoms with Gasteiger partial charge in [-0.1, -0.05) is 42.0 Å². The van der Waals surface area contributed by atoms with E-state index in [0.29, 0.717) is 11.3 Å². The van der Waals surface area contributed by atoms with Crippen LogP contribution < -0.4 is 4.74 Å². The Kier molecular flexibility index (Phi) is 4.81. The molecule has 0 saturated carbocycles. The monoisotopic (exact) mass is 355 g/mol. The standard InChI is InChI=1S/C19H17NO4S/c1-12-6-8-13(9-7-12)11-20-18(22)16(25-19(20)23)10-14-4-3-5-15(24-2)17(14)21/h3-10,21H,11H2,1-2H3/b16-10-. The minimum atomic E-state index is -0.363. The van der Waals surface area contributed by atoms with Crippen LogP contribution in [0.3, 0.4) is 0 Å². The largest absolute Gasteiger partial charge is 0.504 e. The Morgan fingerprint density at radius 3 is 2.56 bits per heavy atom. The Morgan fingerprint density at radius 1 is 1.16 bits per heavy atom. The Balaban J connectivity index is 1.84. The van der Waals surface area contributed by atoms with Crippen LogP contribution in [0.5, 0.6) is 11.5 Å². The van der Waals surface area contributed by atoms with Crippen LogP contribution in [0, 0.1) is 6.92 Å². The molecule has 5 nitrogen and oxygen atoms in total. The molecule has 2 amide bonds. The number of nitrogens with zero attached hydrogens (tertiary/aromatic N) is 1. The number of para-hydroxylation sites is 1. The third-order valence-corrected chi connectivity index (χ3v) is 4.78. The number of phenolic OH excluding ortho intramolecular Hbond substituents is 1. The van der Waals surface area contributed by atoms with Crippen molar-refractivity contribution in [3.05, 3.63) is 64.1 Å². The molecule has 1 aliphatic heterocycles. The molecular weight excluding hydrogens is 338 g/mol. The summed E-state index contributed by atoms with van der Waals surface area (Å²) in [4.78, 5) is 26.3. The van der Waals surface area contributed by atoms with E-state index in [1.54, 1.807) is 18.2 Å². The molecule has 6 heteroatoms. The Bertz CT molecular complexity index is 858. The summed E-state index contributed by atoms with van der Waals surface area (Å²) in [7, 11) is 1.45. The van der Waals surface area contributed by atoms with E-state index in [1.165, 1.54) is 18.1 Å². The van der Waals surface area contributed by atoms with Gasteiger partial charge in [0.05, 0.1) is 18.6 Å². The summed E-state index contributed by atoms with van der Waals surface area (Å²) in [6.45, 7) is 2.21. The molecule has 0 aliphatic carbocycles. The molecule has 0 atom stereocenters. The van der Waals surface area contributed by atoms with Crippen molar-refractivity contribution in [1.82, 2.24) is 4.90 Å². The lowest BCUT2D eigenvalue weighted by Gasteiger charge is -2.12. The normalized spacial score (nSPS) is 15.9. The third-order valence-electron chi connectivity index (χ3n) is 3.87. The first kappa shape index (κ1) is 17.1. The van der Waals surface area contributed by atoms with Crippen LogP contribution in [0.2, 0.25) is 0 Å². The van der Waals surface area contributed by atoms with E-state index in [4.69, 9.17) is 4.74 Å². The number of amides is 2. The van der Waals surface area contributed by atoms with Crippen LogP contribution in [0.4, 0.5) is 4.79 Å². The van der Waals surface area contributed by atoms with Crippen LogP contribution >= 0.6 is 11.8 Å². The molecule has 1 saturated heterocycles. The zero-order valence-electron chi connectivity index (χ0n) is 13.9. The van der Waals surface area contributed by atoms with E-state index in [0.717, 1.165) is 22.9 Å². The van der Waals surface area contributed by atoms with E-state index in [9.17, 15) is 14.7 Å². The number of benzene rings is 2. The van der Waals surface area contributed by atoms with Gasteiger partial charge < -0.3 is 9.84 Å². The first-order valence-corrected chi connectivity index (χ1v) is 8.48. The van der Waals surface area contributed by atoms with Gasteiger partial charge in [0.15, 0.2) is 11.5 Å². The van der Waals surface area contributed by atoms with Gasteiger partial charge in [-0.15, -0.1) is 0 Å². The Hall–Kier alpha value is -2.73. The van der Waals surface area contributed by atoms with Crippen LogP contribution in [0.1, 0.15) is 16.7 Å². The van der Waals surface area contributed by atoms with Gasteiger partial charge in [0.25, 0.3) is 11.1 Å². The van der Waals surface area contributed by atoms with Crippen molar-refractivity contribution in [2.45, 2.75) is 13.5 Å². The number of rotatable bonds is 4. The predicted molar refractivity (Wildman–Crippen MR) is 97.4 cm³/mol. The second-order valence-corrected chi connectivity index (χ2v) is 6.64. The number of hydrogen-bond acceptors (Lipinski definition) is 5. The fourth-order valence-corrected chi connectivity index (χ4v) is 3.30. The fraction of sp³-hybridized carbons (Fsp3) is 0.158. The topological polar surface area (TPSA) is 66.8 Å². The lowest BCUT2D eigenvalue weighted by atomic mass is 10.1. The van der Waals surface area contributed by atoms with Gasteiger partial charge in [-0.25, -0.2) is 0 Å². The number of aryl methyl sites for hydroxylation is 1. The average Bonchev–Trinajstić information content (AvgIpc) is 2.86. The lowest BCUT2D eigenvalue weighted by molar-refractivity contribution is -0.123. The number of hydrogen-bond donors (Lipinski definition) is 1. The van der Waals surface area contributed by atoms with Crippen molar-refractivity contribution in [3.63, 3.8) is 0 Å². The number of aromatic hydroxyl groups is 1. The molecule has 1 N–H and O–H groups in total. The van der Waals surface area contributed by atoms with Gasteiger partial charge in [0, 0.05) is 5.56 Å². The second kappa shape index (κ2) is 7.03. The van der Waals surface area contributed by atoms with Crippen molar-refractivity contribution < 1.29 is 19.4 Å². The zero-order chi connectivity index (χ0) is 18.0. The summed E-state index contributed by atoms with van der Waals surface area (Å²) in [5, 5.41) is 9.82. The molecule has 0 aromatic heterocycles. The number of phenols is 1. The molecule has 0 bridgehead atoms. The number of carbonyl (C=O) groups is 2. The molecule has 0 unspecified atom stereocenters. The van der Waals surface area contributed by atoms with Crippen molar-refractivity contribution in [3.8, 4) is 11.5 Å². The molecular formula is C19H17NO4S. The molecule has 1 aliphatic rings. The fourth-order valence-electron chi connectivity index (χ4n) is 2.47. The van der Waals surface area contributed by atoms with Crippen LogP contribution in [0.25, 0.3) is 6.08 Å². The number of carbonyl (C=O) groups excluding carboxylic acids is 2. The van der Waals surface area contributed by atoms with Crippen molar-refractivity contribution >= 4 is 29.0 Å². The van der Waals surface area contributed by atoms with E-state index >= 15 is 0 Å². The van der Waals surface area contributed by atoms with Crippen molar-refractivity contribution in [1.29, 1.82) is 0 Å². The zero-order valence-corrected chi connectivity index (χ0v) is 14.7. The molecule has 128 valence electrons. The van der Waals surface area contributed by atoms with Crippen LogP contribution in [0.15, 0.2) is 47.4 Å². The molecule has 2 aromatic carbocycles. The smallest absolute Gasteiger partial charge is 0.293 e. The van der Waals surface area contributed by atoms with Gasteiger partial charge in [-0.05, 0) is 36.4 Å². The first-order chi connectivity index (χ1) is 12.0.